The molecule has 1 atom stereocenters. The van der Waals surface area contributed by atoms with Crippen molar-refractivity contribution >= 4 is 17.4 Å². The highest BCUT2D eigenvalue weighted by Gasteiger charge is 2.23. The van der Waals surface area contributed by atoms with Crippen LogP contribution in [0.1, 0.15) is 18.5 Å². The van der Waals surface area contributed by atoms with E-state index >= 15 is 0 Å². The van der Waals surface area contributed by atoms with E-state index in [4.69, 9.17) is 5.26 Å². The van der Waals surface area contributed by atoms with Crippen LogP contribution >= 0.6 is 11.3 Å². The molecule has 2 heterocycles. The smallest absolute Gasteiger partial charge is 0.317 e. The molecule has 0 radical (unpaired) electrons. The minimum absolute atomic E-state index is 0.0431. The Morgan fingerprint density at radius 1 is 1.43 bits per heavy atom. The Balaban J connectivity index is 1.55. The third-order valence-electron chi connectivity index (χ3n) is 3.88. The Kier molecular flexibility index (Phi) is 4.89. The molecule has 23 heavy (non-hydrogen) atoms. The lowest BCUT2D eigenvalue weighted by atomic mass is 10.0. The molecule has 1 aliphatic heterocycles. The van der Waals surface area contributed by atoms with Crippen molar-refractivity contribution in [2.75, 3.05) is 13.1 Å². The molecule has 6 heteroatoms. The van der Waals surface area contributed by atoms with Crippen LogP contribution in [0.25, 0.3) is 10.6 Å². The van der Waals surface area contributed by atoms with Gasteiger partial charge in [-0.2, -0.15) is 5.26 Å². The summed E-state index contributed by atoms with van der Waals surface area (Å²) in [4.78, 5) is 18.5. The van der Waals surface area contributed by atoms with Gasteiger partial charge in [0.2, 0.25) is 0 Å². The van der Waals surface area contributed by atoms with E-state index in [1.165, 1.54) is 0 Å². The van der Waals surface area contributed by atoms with Crippen molar-refractivity contribution in [1.29, 1.82) is 5.26 Å². The number of hydrogen-bond donors (Lipinski definition) is 1. The maximum Gasteiger partial charge on any atom is 0.317 e. The first-order valence-corrected chi connectivity index (χ1v) is 8.56. The number of likely N-dealkylation sites (tertiary alicyclic amines) is 1. The monoisotopic (exact) mass is 326 g/mol. The van der Waals surface area contributed by atoms with E-state index in [0.717, 1.165) is 35.7 Å². The SMILES string of the molecule is N#C[C@@H]1CCCN(C(=O)NCc2csc(-c3ccccc3)n2)C1. The zero-order chi connectivity index (χ0) is 16.1. The van der Waals surface area contributed by atoms with Gasteiger partial charge in [0.25, 0.3) is 0 Å². The molecule has 118 valence electrons. The number of nitrogens with zero attached hydrogens (tertiary/aromatic N) is 3. The number of urea groups is 1. The van der Waals surface area contributed by atoms with E-state index in [2.05, 4.69) is 16.4 Å². The normalized spacial score (nSPS) is 17.5. The summed E-state index contributed by atoms with van der Waals surface area (Å²) in [6, 6.07) is 12.1. The van der Waals surface area contributed by atoms with E-state index in [9.17, 15) is 4.79 Å². The van der Waals surface area contributed by atoms with Crippen LogP contribution in [0.5, 0.6) is 0 Å². The molecule has 0 unspecified atom stereocenters. The highest BCUT2D eigenvalue weighted by Crippen LogP contribution is 2.23. The number of carbonyl (C=O) groups excluding carboxylic acids is 1. The van der Waals surface area contributed by atoms with E-state index in [1.807, 2.05) is 35.7 Å². The maximum absolute atomic E-state index is 12.2. The summed E-state index contributed by atoms with van der Waals surface area (Å²) in [6.07, 6.45) is 1.77. The molecule has 5 nitrogen and oxygen atoms in total. The number of nitrogens with one attached hydrogen (secondary N) is 1. The topological polar surface area (TPSA) is 69.0 Å². The van der Waals surface area contributed by atoms with Crippen LogP contribution in [0.2, 0.25) is 0 Å². The van der Waals surface area contributed by atoms with Crippen molar-refractivity contribution in [3.63, 3.8) is 0 Å². The predicted octanol–water partition coefficient (Wildman–Crippen LogP) is 3.26. The molecular weight excluding hydrogens is 308 g/mol. The van der Waals surface area contributed by atoms with Gasteiger partial charge in [0.15, 0.2) is 0 Å². The van der Waals surface area contributed by atoms with Crippen LogP contribution < -0.4 is 5.32 Å². The molecule has 0 spiro atoms. The van der Waals surface area contributed by atoms with E-state index < -0.39 is 0 Å². The quantitative estimate of drug-likeness (QED) is 0.941. The van der Waals surface area contributed by atoms with Crippen LogP contribution in [0.15, 0.2) is 35.7 Å². The zero-order valence-electron chi connectivity index (χ0n) is 12.7. The van der Waals surface area contributed by atoms with Gasteiger partial charge in [0.1, 0.15) is 5.01 Å². The molecule has 0 saturated carbocycles. The first kappa shape index (κ1) is 15.5. The van der Waals surface area contributed by atoms with Gasteiger partial charge in [-0.05, 0) is 12.8 Å². The van der Waals surface area contributed by atoms with E-state index in [-0.39, 0.29) is 11.9 Å². The second kappa shape index (κ2) is 7.25. The molecule has 3 rings (SSSR count). The minimum atomic E-state index is -0.112. The van der Waals surface area contributed by atoms with Crippen LogP contribution in [0.3, 0.4) is 0 Å². The van der Waals surface area contributed by atoms with Gasteiger partial charge in [-0.3, -0.25) is 0 Å². The maximum atomic E-state index is 12.2. The molecule has 1 saturated heterocycles. The first-order chi connectivity index (χ1) is 11.3. The molecule has 1 N–H and O–H groups in total. The summed E-state index contributed by atoms with van der Waals surface area (Å²) in [7, 11) is 0. The molecule has 2 aromatic rings. The van der Waals surface area contributed by atoms with Crippen LogP contribution in [0.4, 0.5) is 4.79 Å². The van der Waals surface area contributed by atoms with Crippen molar-refractivity contribution in [1.82, 2.24) is 15.2 Å². The van der Waals surface area contributed by atoms with Crippen LogP contribution in [0, 0.1) is 17.2 Å². The fourth-order valence-electron chi connectivity index (χ4n) is 2.65. The van der Waals surface area contributed by atoms with Gasteiger partial charge in [-0.1, -0.05) is 30.3 Å². The van der Waals surface area contributed by atoms with Crippen molar-refractivity contribution in [3.8, 4) is 16.6 Å². The number of carbonyl (C=O) groups is 1. The summed E-state index contributed by atoms with van der Waals surface area (Å²) in [5, 5.41) is 14.8. The molecule has 0 aliphatic carbocycles. The molecule has 1 aromatic carbocycles. The highest BCUT2D eigenvalue weighted by molar-refractivity contribution is 7.13. The Labute approximate surface area is 139 Å². The fraction of sp³-hybridized carbons (Fsp3) is 0.353. The van der Waals surface area contributed by atoms with Gasteiger partial charge in [0, 0.05) is 24.0 Å². The van der Waals surface area contributed by atoms with Gasteiger partial charge >= 0.3 is 6.03 Å². The van der Waals surface area contributed by atoms with Crippen molar-refractivity contribution < 1.29 is 4.79 Å². The number of benzene rings is 1. The summed E-state index contributed by atoms with van der Waals surface area (Å²) < 4.78 is 0. The fourth-order valence-corrected chi connectivity index (χ4v) is 3.47. The van der Waals surface area contributed by atoms with Crippen molar-refractivity contribution in [3.05, 3.63) is 41.4 Å². The third kappa shape index (κ3) is 3.88. The van der Waals surface area contributed by atoms with E-state index in [0.29, 0.717) is 13.1 Å². The summed E-state index contributed by atoms with van der Waals surface area (Å²) >= 11 is 1.57. The largest absolute Gasteiger partial charge is 0.332 e. The lowest BCUT2D eigenvalue weighted by Crippen LogP contribution is -2.45. The van der Waals surface area contributed by atoms with Gasteiger partial charge in [-0.15, -0.1) is 11.3 Å². The Morgan fingerprint density at radius 2 is 2.26 bits per heavy atom. The molecular formula is C17H18N4OS. The molecule has 1 aliphatic rings. The molecule has 1 fully saturated rings. The lowest BCUT2D eigenvalue weighted by molar-refractivity contribution is 0.176. The number of piperidine rings is 1. The standard InChI is InChI=1S/C17H18N4OS/c18-9-13-5-4-8-21(11-13)17(22)19-10-15-12-23-16(20-15)14-6-2-1-3-7-14/h1-3,6-7,12-13H,4-5,8,10-11H2,(H,19,22)/t13-/m0/s1. The van der Waals surface area contributed by atoms with Crippen LogP contribution in [-0.4, -0.2) is 29.0 Å². The Morgan fingerprint density at radius 3 is 3.04 bits per heavy atom. The second-order valence-corrected chi connectivity index (χ2v) is 6.44. The average molecular weight is 326 g/mol. The highest BCUT2D eigenvalue weighted by atomic mass is 32.1. The molecule has 1 aromatic heterocycles. The van der Waals surface area contributed by atoms with Crippen molar-refractivity contribution in [2.24, 2.45) is 5.92 Å². The summed E-state index contributed by atoms with van der Waals surface area (Å²) in [5.74, 6) is -0.0431. The number of thiazole rings is 1. The average Bonchev–Trinajstić information content (AvgIpc) is 3.09. The van der Waals surface area contributed by atoms with Gasteiger partial charge in [-0.25, -0.2) is 9.78 Å². The summed E-state index contributed by atoms with van der Waals surface area (Å²) in [6.45, 7) is 1.65. The first-order valence-electron chi connectivity index (χ1n) is 7.68. The van der Waals surface area contributed by atoms with Gasteiger partial charge in [0.05, 0.1) is 24.2 Å². The number of rotatable bonds is 3. The number of amides is 2. The third-order valence-corrected chi connectivity index (χ3v) is 4.82. The number of hydrogen-bond acceptors (Lipinski definition) is 4. The Hall–Kier alpha value is -2.39. The van der Waals surface area contributed by atoms with Crippen LogP contribution in [-0.2, 0) is 6.54 Å². The predicted molar refractivity (Wildman–Crippen MR) is 89.7 cm³/mol. The van der Waals surface area contributed by atoms with E-state index in [1.54, 1.807) is 16.2 Å². The molecule has 0 bridgehead atoms. The Bertz CT molecular complexity index is 707. The zero-order valence-corrected chi connectivity index (χ0v) is 13.6. The molecule has 2 amide bonds. The number of aromatic nitrogens is 1. The summed E-state index contributed by atoms with van der Waals surface area (Å²) in [5.41, 5.74) is 1.94. The van der Waals surface area contributed by atoms with Gasteiger partial charge < -0.3 is 10.2 Å². The second-order valence-electron chi connectivity index (χ2n) is 5.58. The lowest BCUT2D eigenvalue weighted by Gasteiger charge is -2.29. The number of nitriles is 1. The van der Waals surface area contributed by atoms with Crippen molar-refractivity contribution in [2.45, 2.75) is 19.4 Å². The minimum Gasteiger partial charge on any atom is -0.332 e.